The third kappa shape index (κ3) is 4.83. The van der Waals surface area contributed by atoms with Gasteiger partial charge in [-0.15, -0.1) is 0 Å². The van der Waals surface area contributed by atoms with Crippen LogP contribution < -0.4 is 4.74 Å². The molecular formula is C22H30N4O4. The molecule has 1 unspecified atom stereocenters. The number of H-pyrrole nitrogens is 1. The summed E-state index contributed by atoms with van der Waals surface area (Å²) in [6.45, 7) is 4.15. The van der Waals surface area contributed by atoms with E-state index in [4.69, 9.17) is 24.4 Å². The van der Waals surface area contributed by atoms with Crippen molar-refractivity contribution in [1.29, 1.82) is 0 Å². The number of aromatic amines is 1. The molecular weight excluding hydrogens is 384 g/mol. The van der Waals surface area contributed by atoms with E-state index in [0.29, 0.717) is 19.6 Å². The van der Waals surface area contributed by atoms with E-state index in [-0.39, 0.29) is 18.9 Å². The summed E-state index contributed by atoms with van der Waals surface area (Å²) in [5, 5.41) is 21.7. The standard InChI is InChI=1S/C22H30N4O4/c1-16(8-12-28-10-4-9-27)30-18-6-7-20-19(13-18)22(17-14-23-24-15-17)25-26(20)21-5-2-3-11-29-21/h6-7,13-16,21,27H,2-5,8-12H2,1H3,(H,23,24)/t16-,21?/m1/s1. The minimum Gasteiger partial charge on any atom is -0.491 e. The molecule has 1 saturated heterocycles. The molecule has 1 aromatic carbocycles. The molecule has 2 atom stereocenters. The Morgan fingerprint density at radius 3 is 3.03 bits per heavy atom. The fourth-order valence-corrected chi connectivity index (χ4v) is 3.73. The maximum Gasteiger partial charge on any atom is 0.150 e. The monoisotopic (exact) mass is 414 g/mol. The van der Waals surface area contributed by atoms with Crippen molar-refractivity contribution in [3.05, 3.63) is 30.6 Å². The molecule has 162 valence electrons. The first-order chi connectivity index (χ1) is 14.8. The van der Waals surface area contributed by atoms with Crippen LogP contribution in [0.15, 0.2) is 30.6 Å². The van der Waals surface area contributed by atoms with Crippen LogP contribution >= 0.6 is 0 Å². The van der Waals surface area contributed by atoms with Crippen molar-refractivity contribution in [3.63, 3.8) is 0 Å². The highest BCUT2D eigenvalue weighted by Crippen LogP contribution is 2.34. The fourth-order valence-electron chi connectivity index (χ4n) is 3.73. The summed E-state index contributed by atoms with van der Waals surface area (Å²) in [7, 11) is 0. The molecule has 0 aliphatic carbocycles. The maximum atomic E-state index is 8.81. The summed E-state index contributed by atoms with van der Waals surface area (Å²) in [6, 6.07) is 6.10. The average molecular weight is 415 g/mol. The van der Waals surface area contributed by atoms with Gasteiger partial charge in [-0.1, -0.05) is 0 Å². The second-order valence-corrected chi connectivity index (χ2v) is 7.69. The molecule has 1 aliphatic rings. The van der Waals surface area contributed by atoms with Crippen LogP contribution in [0.25, 0.3) is 22.2 Å². The Balaban J connectivity index is 1.54. The Morgan fingerprint density at radius 1 is 1.33 bits per heavy atom. The number of nitrogens with one attached hydrogen (secondary N) is 1. The van der Waals surface area contributed by atoms with Crippen molar-refractivity contribution in [2.45, 2.75) is 51.4 Å². The zero-order valence-electron chi connectivity index (χ0n) is 17.4. The quantitative estimate of drug-likeness (QED) is 0.492. The third-order valence-corrected chi connectivity index (χ3v) is 5.33. The van der Waals surface area contributed by atoms with Gasteiger partial charge in [0.15, 0.2) is 6.23 Å². The second kappa shape index (κ2) is 10.1. The summed E-state index contributed by atoms with van der Waals surface area (Å²) in [5.41, 5.74) is 2.85. The SMILES string of the molecule is C[C@H](CCOCCCO)Oc1ccc2c(c1)c(-c1cn[nH]c1)nn2C1CCCCO1. The van der Waals surface area contributed by atoms with Gasteiger partial charge in [-0.25, -0.2) is 4.68 Å². The van der Waals surface area contributed by atoms with Gasteiger partial charge in [0.2, 0.25) is 0 Å². The largest absolute Gasteiger partial charge is 0.491 e. The van der Waals surface area contributed by atoms with Crippen LogP contribution in [0.1, 0.15) is 45.3 Å². The van der Waals surface area contributed by atoms with Crippen molar-refractivity contribution in [1.82, 2.24) is 20.0 Å². The van der Waals surface area contributed by atoms with Gasteiger partial charge in [-0.3, -0.25) is 5.10 Å². The van der Waals surface area contributed by atoms with E-state index in [9.17, 15) is 0 Å². The van der Waals surface area contributed by atoms with Gasteiger partial charge in [0, 0.05) is 43.4 Å². The molecule has 30 heavy (non-hydrogen) atoms. The summed E-state index contributed by atoms with van der Waals surface area (Å²) >= 11 is 0. The number of nitrogens with zero attached hydrogens (tertiary/aromatic N) is 3. The molecule has 1 aliphatic heterocycles. The Kier molecular flexibility index (Phi) is 6.99. The molecule has 8 heteroatoms. The number of fused-ring (bicyclic) bond motifs is 1. The van der Waals surface area contributed by atoms with Gasteiger partial charge >= 0.3 is 0 Å². The molecule has 3 heterocycles. The lowest BCUT2D eigenvalue weighted by molar-refractivity contribution is -0.0365. The first-order valence-electron chi connectivity index (χ1n) is 10.7. The molecule has 0 bridgehead atoms. The topological polar surface area (TPSA) is 94.4 Å². The number of aliphatic hydroxyl groups is 1. The lowest BCUT2D eigenvalue weighted by Gasteiger charge is -2.23. The van der Waals surface area contributed by atoms with Gasteiger partial charge in [-0.05, 0) is 50.8 Å². The zero-order valence-corrected chi connectivity index (χ0v) is 17.4. The maximum absolute atomic E-state index is 8.81. The van der Waals surface area contributed by atoms with Crippen molar-refractivity contribution in [2.24, 2.45) is 0 Å². The zero-order chi connectivity index (χ0) is 20.8. The number of ether oxygens (including phenoxy) is 3. The summed E-state index contributed by atoms with van der Waals surface area (Å²) < 4.78 is 19.6. The molecule has 0 spiro atoms. The van der Waals surface area contributed by atoms with E-state index in [1.54, 1.807) is 6.20 Å². The molecule has 3 aromatic rings. The molecule has 8 nitrogen and oxygen atoms in total. The third-order valence-electron chi connectivity index (χ3n) is 5.33. The second-order valence-electron chi connectivity index (χ2n) is 7.69. The predicted octanol–water partition coefficient (Wildman–Crippen LogP) is 3.68. The number of benzene rings is 1. The van der Waals surface area contributed by atoms with E-state index >= 15 is 0 Å². The summed E-state index contributed by atoms with van der Waals surface area (Å²) in [4.78, 5) is 0. The van der Waals surface area contributed by atoms with Crippen LogP contribution in [0.4, 0.5) is 0 Å². The summed E-state index contributed by atoms with van der Waals surface area (Å²) in [6.07, 6.45) is 8.28. The van der Waals surface area contributed by atoms with E-state index in [1.807, 2.05) is 29.9 Å². The smallest absolute Gasteiger partial charge is 0.150 e. The minimum absolute atomic E-state index is 0.0191. The van der Waals surface area contributed by atoms with E-state index < -0.39 is 0 Å². The Morgan fingerprint density at radius 2 is 2.27 bits per heavy atom. The molecule has 4 rings (SSSR count). The first-order valence-corrected chi connectivity index (χ1v) is 10.7. The average Bonchev–Trinajstić information content (AvgIpc) is 3.42. The highest BCUT2D eigenvalue weighted by Gasteiger charge is 2.22. The molecule has 2 N–H and O–H groups in total. The molecule has 1 fully saturated rings. The fraction of sp³-hybridized carbons (Fsp3) is 0.545. The van der Waals surface area contributed by atoms with Crippen molar-refractivity contribution >= 4 is 10.9 Å². The van der Waals surface area contributed by atoms with Crippen LogP contribution in [0.5, 0.6) is 5.75 Å². The van der Waals surface area contributed by atoms with Crippen molar-refractivity contribution in [3.8, 4) is 17.0 Å². The molecule has 2 aromatic heterocycles. The number of rotatable bonds is 10. The van der Waals surface area contributed by atoms with Crippen LogP contribution in [0.2, 0.25) is 0 Å². The van der Waals surface area contributed by atoms with E-state index in [0.717, 1.165) is 60.2 Å². The van der Waals surface area contributed by atoms with Crippen LogP contribution in [0.3, 0.4) is 0 Å². The Hall–Kier alpha value is -2.42. The lowest BCUT2D eigenvalue weighted by atomic mass is 10.1. The number of aliphatic hydroxyl groups excluding tert-OH is 1. The van der Waals surface area contributed by atoms with Crippen molar-refractivity contribution < 1.29 is 19.3 Å². The van der Waals surface area contributed by atoms with Crippen molar-refractivity contribution in [2.75, 3.05) is 26.4 Å². The minimum atomic E-state index is -0.0383. The Bertz CT molecular complexity index is 919. The lowest BCUT2D eigenvalue weighted by Crippen LogP contribution is -2.19. The van der Waals surface area contributed by atoms with Gasteiger partial charge in [0.1, 0.15) is 11.4 Å². The number of aromatic nitrogens is 4. The number of hydrogen-bond acceptors (Lipinski definition) is 6. The van der Waals surface area contributed by atoms with Gasteiger partial charge < -0.3 is 19.3 Å². The summed E-state index contributed by atoms with van der Waals surface area (Å²) in [5.74, 6) is 0.805. The molecule has 0 radical (unpaired) electrons. The molecule has 0 saturated carbocycles. The highest BCUT2D eigenvalue weighted by molar-refractivity contribution is 5.94. The van der Waals surface area contributed by atoms with Gasteiger partial charge in [0.25, 0.3) is 0 Å². The highest BCUT2D eigenvalue weighted by atomic mass is 16.5. The normalized spacial score (nSPS) is 18.0. The molecule has 0 amide bonds. The van der Waals surface area contributed by atoms with E-state index in [1.165, 1.54) is 0 Å². The van der Waals surface area contributed by atoms with Gasteiger partial charge in [-0.2, -0.15) is 10.2 Å². The van der Waals surface area contributed by atoms with Crippen LogP contribution in [-0.2, 0) is 9.47 Å². The predicted molar refractivity (Wildman–Crippen MR) is 113 cm³/mol. The number of hydrogen-bond donors (Lipinski definition) is 2. The van der Waals surface area contributed by atoms with Crippen LogP contribution in [-0.4, -0.2) is 57.6 Å². The van der Waals surface area contributed by atoms with Gasteiger partial charge in [0.05, 0.1) is 24.4 Å². The van der Waals surface area contributed by atoms with Crippen LogP contribution in [0, 0.1) is 0 Å². The Labute approximate surface area is 176 Å². The first kappa shape index (κ1) is 20.8. The van der Waals surface area contributed by atoms with E-state index in [2.05, 4.69) is 16.3 Å².